The highest BCUT2D eigenvalue weighted by Crippen LogP contribution is 2.01. The lowest BCUT2D eigenvalue weighted by Gasteiger charge is -2.08. The number of thioether (sulfide) groups is 1. The van der Waals surface area contributed by atoms with Crippen molar-refractivity contribution in [1.29, 1.82) is 0 Å². The second kappa shape index (κ2) is 6.17. The minimum Gasteiger partial charge on any atom is -0.313 e. The number of hydrogen-bond acceptors (Lipinski definition) is 2. The molecule has 0 saturated heterocycles. The molecule has 0 radical (unpaired) electrons. The summed E-state index contributed by atoms with van der Waals surface area (Å²) in [5.74, 6) is 2.32. The lowest BCUT2D eigenvalue weighted by molar-refractivity contribution is 0.740. The minimum atomic E-state index is 0.481. The van der Waals surface area contributed by atoms with Crippen LogP contribution in [0.15, 0.2) is 12.7 Å². The van der Waals surface area contributed by atoms with Crippen LogP contribution in [0.1, 0.15) is 6.92 Å². The Kier molecular flexibility index (Phi) is 6.21. The van der Waals surface area contributed by atoms with Crippen LogP contribution in [0.4, 0.5) is 0 Å². The van der Waals surface area contributed by atoms with Crippen LogP contribution in [0.3, 0.4) is 0 Å². The van der Waals surface area contributed by atoms with Crippen molar-refractivity contribution in [3.63, 3.8) is 0 Å². The maximum atomic E-state index is 3.71. The molecule has 1 nitrogen and oxygen atoms in total. The van der Waals surface area contributed by atoms with Gasteiger partial charge in [0.25, 0.3) is 0 Å². The molecule has 9 heavy (non-hydrogen) atoms. The van der Waals surface area contributed by atoms with E-state index < -0.39 is 0 Å². The van der Waals surface area contributed by atoms with E-state index in [1.807, 2.05) is 24.9 Å². The molecule has 0 spiro atoms. The molecule has 2 heteroatoms. The highest BCUT2D eigenvalue weighted by atomic mass is 32.2. The van der Waals surface area contributed by atoms with Crippen molar-refractivity contribution in [2.75, 3.05) is 18.6 Å². The zero-order valence-corrected chi connectivity index (χ0v) is 7.00. The third-order valence-electron chi connectivity index (χ3n) is 1.16. The van der Waals surface area contributed by atoms with Gasteiger partial charge < -0.3 is 5.32 Å². The lowest BCUT2D eigenvalue weighted by atomic mass is 10.3. The van der Waals surface area contributed by atoms with Gasteiger partial charge in [0.05, 0.1) is 0 Å². The van der Waals surface area contributed by atoms with Crippen molar-refractivity contribution < 1.29 is 0 Å². The summed E-state index contributed by atoms with van der Waals surface area (Å²) in [6, 6.07) is 0.481. The molecular weight excluding hydrogens is 130 g/mol. The van der Waals surface area contributed by atoms with Gasteiger partial charge in [-0.25, -0.2) is 0 Å². The van der Waals surface area contributed by atoms with Crippen LogP contribution in [0.2, 0.25) is 0 Å². The van der Waals surface area contributed by atoms with Gasteiger partial charge in [0, 0.05) is 11.8 Å². The monoisotopic (exact) mass is 145 g/mol. The maximum absolute atomic E-state index is 3.71. The quantitative estimate of drug-likeness (QED) is 0.589. The first kappa shape index (κ1) is 9.05. The van der Waals surface area contributed by atoms with Gasteiger partial charge in [-0.15, -0.1) is 6.58 Å². The third-order valence-corrected chi connectivity index (χ3v) is 2.16. The van der Waals surface area contributed by atoms with Crippen LogP contribution in [-0.4, -0.2) is 24.6 Å². The summed E-state index contributed by atoms with van der Waals surface area (Å²) >= 11 is 1.93. The summed E-state index contributed by atoms with van der Waals surface area (Å²) in [7, 11) is 1.96. The Bertz CT molecular complexity index is 73.3. The Morgan fingerprint density at radius 2 is 2.44 bits per heavy atom. The highest BCUT2D eigenvalue weighted by Gasteiger charge is 1.96. The van der Waals surface area contributed by atoms with Crippen LogP contribution < -0.4 is 5.32 Å². The molecule has 0 bridgehead atoms. The summed E-state index contributed by atoms with van der Waals surface area (Å²) in [5.41, 5.74) is 0. The predicted molar refractivity (Wildman–Crippen MR) is 46.0 cm³/mol. The number of hydrogen-bond donors (Lipinski definition) is 1. The van der Waals surface area contributed by atoms with Crippen LogP contribution in [-0.2, 0) is 0 Å². The van der Waals surface area contributed by atoms with Gasteiger partial charge in [0.15, 0.2) is 0 Å². The fraction of sp³-hybridized carbons (Fsp3) is 0.714. The topological polar surface area (TPSA) is 12.0 Å². The van der Waals surface area contributed by atoms with E-state index in [0.29, 0.717) is 6.04 Å². The molecule has 0 aliphatic carbocycles. The molecule has 0 aromatic heterocycles. The Labute approximate surface area is 61.9 Å². The summed E-state index contributed by atoms with van der Waals surface area (Å²) in [6.07, 6.45) is 1.95. The van der Waals surface area contributed by atoms with Gasteiger partial charge in [-0.3, -0.25) is 0 Å². The van der Waals surface area contributed by atoms with Crippen molar-refractivity contribution >= 4 is 11.8 Å². The summed E-state index contributed by atoms with van der Waals surface area (Å²) < 4.78 is 0. The molecule has 0 aromatic carbocycles. The Balaban J connectivity index is 3.20. The van der Waals surface area contributed by atoms with E-state index in [1.54, 1.807) is 0 Å². The number of likely N-dealkylation sites (N-methyl/N-ethyl adjacent to an activating group) is 1. The van der Waals surface area contributed by atoms with E-state index in [9.17, 15) is 0 Å². The average molecular weight is 145 g/mol. The fourth-order valence-corrected chi connectivity index (χ4v) is 1.31. The molecule has 0 amide bonds. The summed E-state index contributed by atoms with van der Waals surface area (Å²) in [4.78, 5) is 0. The van der Waals surface area contributed by atoms with Gasteiger partial charge >= 0.3 is 0 Å². The van der Waals surface area contributed by atoms with E-state index in [2.05, 4.69) is 18.8 Å². The molecule has 1 N–H and O–H groups in total. The molecule has 0 rings (SSSR count). The van der Waals surface area contributed by atoms with Crippen LogP contribution in [0.5, 0.6) is 0 Å². The Morgan fingerprint density at radius 3 is 2.78 bits per heavy atom. The van der Waals surface area contributed by atoms with E-state index in [4.69, 9.17) is 0 Å². The van der Waals surface area contributed by atoms with Crippen LogP contribution in [0.25, 0.3) is 0 Å². The molecule has 0 saturated carbocycles. The molecule has 1 unspecified atom stereocenters. The molecule has 0 heterocycles. The van der Waals surface area contributed by atoms with E-state index in [1.165, 1.54) is 5.75 Å². The normalized spacial score (nSPS) is 13.1. The summed E-state index contributed by atoms with van der Waals surface area (Å²) in [5, 5.41) is 3.15. The smallest absolute Gasteiger partial charge is 0.0335 e. The van der Waals surface area contributed by atoms with E-state index >= 15 is 0 Å². The molecule has 0 aliphatic heterocycles. The molecule has 54 valence electrons. The van der Waals surface area contributed by atoms with Crippen molar-refractivity contribution in [3.05, 3.63) is 12.7 Å². The van der Waals surface area contributed by atoms with Crippen LogP contribution in [0, 0.1) is 0 Å². The Morgan fingerprint density at radius 1 is 1.78 bits per heavy atom. The maximum Gasteiger partial charge on any atom is 0.0335 e. The van der Waals surface area contributed by atoms with E-state index in [0.717, 1.165) is 5.75 Å². The van der Waals surface area contributed by atoms with Gasteiger partial charge in [-0.2, -0.15) is 11.8 Å². The zero-order valence-electron chi connectivity index (χ0n) is 6.18. The number of rotatable bonds is 5. The largest absolute Gasteiger partial charge is 0.313 e. The highest BCUT2D eigenvalue weighted by molar-refractivity contribution is 7.99. The minimum absolute atomic E-state index is 0.481. The van der Waals surface area contributed by atoms with E-state index in [-0.39, 0.29) is 0 Å². The van der Waals surface area contributed by atoms with Gasteiger partial charge in [0.2, 0.25) is 0 Å². The standard InChI is InChI=1S/C7H15NS/c1-4-7(8-3)6-9-5-2/h4,7-8H,1,5-6H2,2-3H3. The first-order valence-electron chi connectivity index (χ1n) is 3.22. The van der Waals surface area contributed by atoms with Crippen molar-refractivity contribution in [2.45, 2.75) is 13.0 Å². The zero-order chi connectivity index (χ0) is 7.11. The Hall–Kier alpha value is 0.0500. The van der Waals surface area contributed by atoms with Crippen LogP contribution >= 0.6 is 11.8 Å². The molecule has 1 atom stereocenters. The van der Waals surface area contributed by atoms with Gasteiger partial charge in [-0.1, -0.05) is 13.0 Å². The summed E-state index contributed by atoms with van der Waals surface area (Å²) in [6.45, 7) is 5.88. The van der Waals surface area contributed by atoms with Crippen molar-refractivity contribution in [2.24, 2.45) is 0 Å². The third kappa shape index (κ3) is 4.55. The average Bonchev–Trinajstić information content (AvgIpc) is 1.91. The predicted octanol–water partition coefficient (Wildman–Crippen LogP) is 1.51. The second-order valence-corrected chi connectivity index (χ2v) is 3.11. The van der Waals surface area contributed by atoms with Crippen molar-refractivity contribution in [1.82, 2.24) is 5.32 Å². The first-order chi connectivity index (χ1) is 4.35. The SMILES string of the molecule is C=CC(CSCC)NC. The molecule has 0 aromatic rings. The van der Waals surface area contributed by atoms with Crippen molar-refractivity contribution in [3.8, 4) is 0 Å². The van der Waals surface area contributed by atoms with Gasteiger partial charge in [-0.05, 0) is 12.8 Å². The molecule has 0 fully saturated rings. The fourth-order valence-electron chi connectivity index (χ4n) is 0.514. The first-order valence-corrected chi connectivity index (χ1v) is 4.38. The molecule has 0 aliphatic rings. The number of nitrogens with one attached hydrogen (secondary N) is 1. The van der Waals surface area contributed by atoms with Gasteiger partial charge in [0.1, 0.15) is 0 Å². The lowest BCUT2D eigenvalue weighted by Crippen LogP contribution is -2.24. The second-order valence-electron chi connectivity index (χ2n) is 1.79. The molecular formula is C7H15NS.